The molecule has 2 unspecified atom stereocenters. The molecular weight excluding hydrogens is 368 g/mol. The number of hydrogen-bond acceptors (Lipinski definition) is 6. The summed E-state index contributed by atoms with van der Waals surface area (Å²) in [6.45, 7) is 1.95. The second-order valence-electron chi connectivity index (χ2n) is 6.98. The van der Waals surface area contributed by atoms with Crippen LogP contribution in [0.4, 0.5) is 5.69 Å². The SMILES string of the molecule is CC(NC(c1ccccc1O)N(C)c1ccc(C(O)O)cc1)c1ccccc1O. The van der Waals surface area contributed by atoms with Crippen LogP contribution in [0.3, 0.4) is 0 Å². The Bertz CT molecular complexity index is 944. The fraction of sp³-hybridized carbons (Fsp3) is 0.217. The summed E-state index contributed by atoms with van der Waals surface area (Å²) in [7, 11) is 1.88. The summed E-state index contributed by atoms with van der Waals surface area (Å²) in [5.74, 6) is 0.358. The summed E-state index contributed by atoms with van der Waals surface area (Å²) >= 11 is 0. The van der Waals surface area contributed by atoms with Crippen molar-refractivity contribution in [2.45, 2.75) is 25.4 Å². The van der Waals surface area contributed by atoms with Crippen molar-refractivity contribution in [2.24, 2.45) is 0 Å². The Balaban J connectivity index is 1.95. The van der Waals surface area contributed by atoms with Gasteiger partial charge in [0.1, 0.15) is 17.7 Å². The van der Waals surface area contributed by atoms with Crippen LogP contribution in [0.5, 0.6) is 11.5 Å². The molecule has 5 N–H and O–H groups in total. The molecule has 0 saturated heterocycles. The minimum Gasteiger partial charge on any atom is -0.508 e. The molecular formula is C23H26N2O4. The highest BCUT2D eigenvalue weighted by atomic mass is 16.5. The zero-order valence-electron chi connectivity index (χ0n) is 16.4. The Kier molecular flexibility index (Phi) is 6.39. The van der Waals surface area contributed by atoms with Gasteiger partial charge < -0.3 is 25.3 Å². The van der Waals surface area contributed by atoms with E-state index in [0.29, 0.717) is 11.1 Å². The molecule has 6 nitrogen and oxygen atoms in total. The summed E-state index contributed by atoms with van der Waals surface area (Å²) < 4.78 is 0. The topological polar surface area (TPSA) is 96.2 Å². The molecule has 0 radical (unpaired) electrons. The van der Waals surface area contributed by atoms with Crippen molar-refractivity contribution in [3.8, 4) is 11.5 Å². The molecule has 0 aliphatic heterocycles. The van der Waals surface area contributed by atoms with E-state index in [9.17, 15) is 20.4 Å². The number of nitrogens with zero attached hydrogens (tertiary/aromatic N) is 1. The molecule has 0 aliphatic carbocycles. The zero-order chi connectivity index (χ0) is 21.0. The fourth-order valence-corrected chi connectivity index (χ4v) is 3.34. The second kappa shape index (κ2) is 8.96. The average molecular weight is 394 g/mol. The van der Waals surface area contributed by atoms with Gasteiger partial charge in [-0.25, -0.2) is 0 Å². The maximum absolute atomic E-state index is 10.4. The van der Waals surface area contributed by atoms with Gasteiger partial charge in [0, 0.05) is 35.5 Å². The number of rotatable bonds is 7. The van der Waals surface area contributed by atoms with Crippen LogP contribution in [0, 0.1) is 0 Å². The Morgan fingerprint density at radius 2 is 1.28 bits per heavy atom. The largest absolute Gasteiger partial charge is 0.508 e. The maximum Gasteiger partial charge on any atom is 0.178 e. The second-order valence-corrected chi connectivity index (χ2v) is 6.98. The number of aliphatic hydroxyl groups is 2. The van der Waals surface area contributed by atoms with Gasteiger partial charge in [-0.2, -0.15) is 0 Å². The monoisotopic (exact) mass is 394 g/mol. The first-order chi connectivity index (χ1) is 13.9. The van der Waals surface area contributed by atoms with Crippen LogP contribution >= 0.6 is 0 Å². The van der Waals surface area contributed by atoms with Crippen molar-refractivity contribution in [1.82, 2.24) is 5.32 Å². The normalized spacial score (nSPS) is 13.3. The molecule has 3 rings (SSSR count). The molecule has 0 aromatic heterocycles. The lowest BCUT2D eigenvalue weighted by atomic mass is 10.0. The first-order valence-corrected chi connectivity index (χ1v) is 9.39. The lowest BCUT2D eigenvalue weighted by Gasteiger charge is -2.34. The van der Waals surface area contributed by atoms with Crippen LogP contribution in [0.1, 0.15) is 42.1 Å². The maximum atomic E-state index is 10.4. The van der Waals surface area contributed by atoms with Gasteiger partial charge >= 0.3 is 0 Å². The molecule has 2 atom stereocenters. The Morgan fingerprint density at radius 1 is 0.759 bits per heavy atom. The number of para-hydroxylation sites is 2. The van der Waals surface area contributed by atoms with Gasteiger partial charge in [0.25, 0.3) is 0 Å². The number of aromatic hydroxyl groups is 2. The standard InChI is InChI=1S/C23H26N2O4/c1-15(18-7-3-5-9-20(18)26)24-22(19-8-4-6-10-21(19)27)25(2)17-13-11-16(12-14-17)23(28)29/h3-15,22-24,26-29H,1-2H3. The van der Waals surface area contributed by atoms with Crippen molar-refractivity contribution < 1.29 is 20.4 Å². The summed E-state index contributed by atoms with van der Waals surface area (Å²) in [6.07, 6.45) is -1.93. The molecule has 0 aliphatic rings. The van der Waals surface area contributed by atoms with E-state index < -0.39 is 12.5 Å². The van der Waals surface area contributed by atoms with Crippen molar-refractivity contribution >= 4 is 5.69 Å². The lowest BCUT2D eigenvalue weighted by Crippen LogP contribution is -2.37. The van der Waals surface area contributed by atoms with Gasteiger partial charge in [0.2, 0.25) is 0 Å². The van der Waals surface area contributed by atoms with E-state index in [1.165, 1.54) is 0 Å². The lowest BCUT2D eigenvalue weighted by molar-refractivity contribution is -0.0424. The molecule has 29 heavy (non-hydrogen) atoms. The zero-order valence-corrected chi connectivity index (χ0v) is 16.4. The first kappa shape index (κ1) is 20.7. The Labute approximate surface area is 170 Å². The number of phenolic OH excluding ortho intramolecular Hbond substituents is 2. The van der Waals surface area contributed by atoms with E-state index in [1.807, 2.05) is 43.1 Å². The number of benzene rings is 3. The van der Waals surface area contributed by atoms with Gasteiger partial charge in [-0.1, -0.05) is 48.5 Å². The highest BCUT2D eigenvalue weighted by molar-refractivity contribution is 5.51. The van der Waals surface area contributed by atoms with E-state index in [4.69, 9.17) is 0 Å². The number of hydrogen-bond donors (Lipinski definition) is 5. The fourth-order valence-electron chi connectivity index (χ4n) is 3.34. The van der Waals surface area contributed by atoms with E-state index in [2.05, 4.69) is 5.32 Å². The molecule has 152 valence electrons. The number of aliphatic hydroxyl groups excluding tert-OH is 1. The van der Waals surface area contributed by atoms with E-state index in [0.717, 1.165) is 11.3 Å². The van der Waals surface area contributed by atoms with Crippen molar-refractivity contribution in [1.29, 1.82) is 0 Å². The predicted molar refractivity (Wildman–Crippen MR) is 113 cm³/mol. The third kappa shape index (κ3) is 4.68. The molecule has 0 fully saturated rings. The molecule has 3 aromatic rings. The van der Waals surface area contributed by atoms with Gasteiger partial charge in [0.05, 0.1) is 0 Å². The summed E-state index contributed by atoms with van der Waals surface area (Å²) in [5, 5.41) is 42.8. The van der Waals surface area contributed by atoms with Crippen LogP contribution in [-0.2, 0) is 0 Å². The highest BCUT2D eigenvalue weighted by Gasteiger charge is 2.24. The molecule has 6 heteroatoms. The van der Waals surface area contributed by atoms with Crippen molar-refractivity contribution in [2.75, 3.05) is 11.9 Å². The molecule has 0 spiro atoms. The van der Waals surface area contributed by atoms with Gasteiger partial charge in [-0.15, -0.1) is 0 Å². The van der Waals surface area contributed by atoms with E-state index in [-0.39, 0.29) is 17.5 Å². The van der Waals surface area contributed by atoms with Crippen LogP contribution in [0.2, 0.25) is 0 Å². The van der Waals surface area contributed by atoms with Crippen LogP contribution in [-0.4, -0.2) is 27.5 Å². The van der Waals surface area contributed by atoms with Gasteiger partial charge in [-0.3, -0.25) is 5.32 Å². The Morgan fingerprint density at radius 3 is 1.79 bits per heavy atom. The van der Waals surface area contributed by atoms with Crippen LogP contribution in [0.15, 0.2) is 72.8 Å². The third-order valence-corrected chi connectivity index (χ3v) is 5.03. The minimum absolute atomic E-state index is 0.156. The van der Waals surface area contributed by atoms with Crippen LogP contribution < -0.4 is 10.2 Å². The number of phenols is 2. The molecule has 3 aromatic carbocycles. The summed E-state index contributed by atoms with van der Waals surface area (Å²) in [4.78, 5) is 1.94. The highest BCUT2D eigenvalue weighted by Crippen LogP contribution is 2.33. The van der Waals surface area contributed by atoms with E-state index >= 15 is 0 Å². The minimum atomic E-state index is -1.53. The first-order valence-electron chi connectivity index (χ1n) is 9.39. The quantitative estimate of drug-likeness (QED) is 0.393. The number of nitrogens with one attached hydrogen (secondary N) is 1. The third-order valence-electron chi connectivity index (χ3n) is 5.03. The average Bonchev–Trinajstić information content (AvgIpc) is 2.72. The molecule has 0 bridgehead atoms. The number of anilines is 1. The molecule has 0 saturated carbocycles. The molecule has 0 heterocycles. The summed E-state index contributed by atoms with van der Waals surface area (Å²) in [6, 6.07) is 20.9. The molecule has 0 amide bonds. The van der Waals surface area contributed by atoms with E-state index in [1.54, 1.807) is 48.5 Å². The van der Waals surface area contributed by atoms with Crippen LogP contribution in [0.25, 0.3) is 0 Å². The smallest absolute Gasteiger partial charge is 0.178 e. The Hall–Kier alpha value is -3.06. The van der Waals surface area contributed by atoms with Gasteiger partial charge in [0.15, 0.2) is 6.29 Å². The van der Waals surface area contributed by atoms with Gasteiger partial charge in [-0.05, 0) is 31.2 Å². The van der Waals surface area contributed by atoms with Crippen molar-refractivity contribution in [3.05, 3.63) is 89.5 Å². The van der Waals surface area contributed by atoms with Crippen molar-refractivity contribution in [3.63, 3.8) is 0 Å². The predicted octanol–water partition coefficient (Wildman–Crippen LogP) is 3.57. The summed E-state index contributed by atoms with van der Waals surface area (Å²) in [5.41, 5.74) is 2.65.